The number of rotatable bonds is 5. The van der Waals surface area contributed by atoms with E-state index in [9.17, 15) is 5.11 Å². The third kappa shape index (κ3) is 3.25. The van der Waals surface area contributed by atoms with Crippen molar-refractivity contribution in [3.8, 4) is 0 Å². The Morgan fingerprint density at radius 1 is 1.28 bits per heavy atom. The molecule has 2 N–H and O–H groups in total. The third-order valence-electron chi connectivity index (χ3n) is 6.15. The highest BCUT2D eigenvalue weighted by atomic mass is 32.1. The number of hydrogen-bond acceptors (Lipinski definition) is 4. The molecule has 1 aromatic heterocycles. The molecule has 0 spiro atoms. The summed E-state index contributed by atoms with van der Waals surface area (Å²) in [6, 6.07) is 8.65. The number of thiophene rings is 1. The highest BCUT2D eigenvalue weighted by Gasteiger charge is 2.46. The highest BCUT2D eigenvalue weighted by Crippen LogP contribution is 2.41. The minimum atomic E-state index is -0.935. The minimum absolute atomic E-state index is 0.169. The van der Waals surface area contributed by atoms with Crippen molar-refractivity contribution in [2.24, 2.45) is 5.92 Å². The molecule has 25 heavy (non-hydrogen) atoms. The van der Waals surface area contributed by atoms with Gasteiger partial charge < -0.3 is 5.11 Å². The molecule has 1 saturated carbocycles. The van der Waals surface area contributed by atoms with Crippen LogP contribution in [0.2, 0.25) is 0 Å². The summed E-state index contributed by atoms with van der Waals surface area (Å²) in [4.78, 5) is 2.54. The largest absolute Gasteiger partial charge is 0.370 e. The Hall–Kier alpha value is -0.940. The Morgan fingerprint density at radius 2 is 2.08 bits per heavy atom. The predicted molar refractivity (Wildman–Crippen MR) is 106 cm³/mol. The molecular formula is C21H30N2OS. The van der Waals surface area contributed by atoms with E-state index in [1.54, 1.807) is 11.3 Å². The lowest BCUT2D eigenvalue weighted by atomic mass is 9.84. The Bertz CT molecular complexity index is 707. The number of fused-ring (bicyclic) bond motifs is 1. The standard InChI is InChI=1S/C21H30N2OS/c1-2-12-23-13-11-22-21(24,20(23)14-16-7-3-4-8-16)18-15-25-19-10-6-5-9-17(18)19/h5-6,9-10,15-16,20,22,24H,2-4,7-8,11-14H2,1H3. The van der Waals surface area contributed by atoms with Crippen LogP contribution in [0, 0.1) is 5.92 Å². The molecule has 0 amide bonds. The van der Waals surface area contributed by atoms with Crippen LogP contribution in [0.1, 0.15) is 51.0 Å². The quantitative estimate of drug-likeness (QED) is 0.836. The van der Waals surface area contributed by atoms with E-state index in [1.807, 2.05) is 0 Å². The Kier molecular flexibility index (Phi) is 5.14. The van der Waals surface area contributed by atoms with E-state index >= 15 is 0 Å². The number of hydrogen-bond donors (Lipinski definition) is 2. The van der Waals surface area contributed by atoms with Gasteiger partial charge in [0.25, 0.3) is 0 Å². The molecule has 2 heterocycles. The number of piperazine rings is 1. The second-order valence-electron chi connectivity index (χ2n) is 7.78. The topological polar surface area (TPSA) is 35.5 Å². The highest BCUT2D eigenvalue weighted by molar-refractivity contribution is 7.17. The summed E-state index contributed by atoms with van der Waals surface area (Å²) in [5.74, 6) is 0.765. The maximum Gasteiger partial charge on any atom is 0.159 e. The number of benzene rings is 1. The van der Waals surface area contributed by atoms with E-state index in [0.717, 1.165) is 44.0 Å². The number of nitrogens with one attached hydrogen (secondary N) is 1. The summed E-state index contributed by atoms with van der Waals surface area (Å²) in [7, 11) is 0. The van der Waals surface area contributed by atoms with Crippen molar-refractivity contribution >= 4 is 21.4 Å². The van der Waals surface area contributed by atoms with Crippen molar-refractivity contribution in [1.82, 2.24) is 10.2 Å². The SMILES string of the molecule is CCCN1CCNC(O)(c2csc3ccccc23)C1CC1CCCC1. The summed E-state index contributed by atoms with van der Waals surface area (Å²) >= 11 is 1.75. The van der Waals surface area contributed by atoms with Gasteiger partial charge in [0.2, 0.25) is 0 Å². The fraction of sp³-hybridized carbons (Fsp3) is 0.619. The molecule has 4 heteroatoms. The molecule has 2 fully saturated rings. The lowest BCUT2D eigenvalue weighted by Crippen LogP contribution is -2.65. The number of aliphatic hydroxyl groups is 1. The van der Waals surface area contributed by atoms with Gasteiger partial charge in [0.1, 0.15) is 0 Å². The molecule has 3 nitrogen and oxygen atoms in total. The first kappa shape index (κ1) is 17.5. The zero-order chi connectivity index (χ0) is 17.3. The van der Waals surface area contributed by atoms with Gasteiger partial charge in [-0.2, -0.15) is 0 Å². The minimum Gasteiger partial charge on any atom is -0.370 e. The van der Waals surface area contributed by atoms with Gasteiger partial charge in [-0.1, -0.05) is 50.8 Å². The third-order valence-corrected chi connectivity index (χ3v) is 7.11. The van der Waals surface area contributed by atoms with Crippen LogP contribution in [-0.4, -0.2) is 35.7 Å². The zero-order valence-corrected chi connectivity index (χ0v) is 16.0. The summed E-state index contributed by atoms with van der Waals surface area (Å²) in [6.07, 6.45) is 7.62. The van der Waals surface area contributed by atoms with Crippen molar-refractivity contribution in [3.63, 3.8) is 0 Å². The van der Waals surface area contributed by atoms with Gasteiger partial charge in [-0.15, -0.1) is 11.3 Å². The van der Waals surface area contributed by atoms with Crippen LogP contribution in [0.15, 0.2) is 29.6 Å². The van der Waals surface area contributed by atoms with Crippen LogP contribution in [0.5, 0.6) is 0 Å². The molecule has 2 aliphatic rings. The Balaban J connectivity index is 1.72. The van der Waals surface area contributed by atoms with Gasteiger partial charge in [0, 0.05) is 23.4 Å². The second kappa shape index (κ2) is 7.36. The van der Waals surface area contributed by atoms with Gasteiger partial charge in [-0.05, 0) is 42.1 Å². The van der Waals surface area contributed by atoms with E-state index in [0.29, 0.717) is 0 Å². The molecule has 1 saturated heterocycles. The van der Waals surface area contributed by atoms with Gasteiger partial charge in [-0.3, -0.25) is 10.2 Å². The van der Waals surface area contributed by atoms with Gasteiger partial charge in [0.05, 0.1) is 6.04 Å². The molecular weight excluding hydrogens is 328 g/mol. The molecule has 1 aliphatic carbocycles. The number of nitrogens with zero attached hydrogens (tertiary/aromatic N) is 1. The van der Waals surface area contributed by atoms with Gasteiger partial charge in [-0.25, -0.2) is 0 Å². The zero-order valence-electron chi connectivity index (χ0n) is 15.2. The Labute approximate surface area is 155 Å². The van der Waals surface area contributed by atoms with Gasteiger partial charge in [0.15, 0.2) is 5.72 Å². The molecule has 1 aliphatic heterocycles. The van der Waals surface area contributed by atoms with E-state index in [4.69, 9.17) is 0 Å². The Morgan fingerprint density at radius 3 is 2.88 bits per heavy atom. The van der Waals surface area contributed by atoms with Crippen molar-refractivity contribution in [3.05, 3.63) is 35.2 Å². The monoisotopic (exact) mass is 358 g/mol. The molecule has 2 unspecified atom stereocenters. The lowest BCUT2D eigenvalue weighted by Gasteiger charge is -2.48. The van der Waals surface area contributed by atoms with Crippen LogP contribution in [-0.2, 0) is 5.72 Å². The summed E-state index contributed by atoms with van der Waals surface area (Å²) in [5, 5.41) is 18.8. The second-order valence-corrected chi connectivity index (χ2v) is 8.69. The molecule has 4 rings (SSSR count). The van der Waals surface area contributed by atoms with Crippen LogP contribution in [0.3, 0.4) is 0 Å². The van der Waals surface area contributed by atoms with E-state index in [1.165, 1.54) is 35.8 Å². The average Bonchev–Trinajstić information content (AvgIpc) is 3.28. The molecule has 1 aromatic carbocycles. The first-order valence-corrected chi connectivity index (χ1v) is 10.8. The van der Waals surface area contributed by atoms with E-state index < -0.39 is 5.72 Å². The van der Waals surface area contributed by atoms with E-state index in [2.05, 4.69) is 46.8 Å². The molecule has 2 aromatic rings. The molecule has 0 bridgehead atoms. The van der Waals surface area contributed by atoms with Gasteiger partial charge >= 0.3 is 0 Å². The van der Waals surface area contributed by atoms with Crippen LogP contribution in [0.4, 0.5) is 0 Å². The molecule has 0 radical (unpaired) electrons. The van der Waals surface area contributed by atoms with Crippen molar-refractivity contribution in [2.75, 3.05) is 19.6 Å². The smallest absolute Gasteiger partial charge is 0.159 e. The summed E-state index contributed by atoms with van der Waals surface area (Å²) < 4.78 is 1.26. The first-order valence-electron chi connectivity index (χ1n) is 9.90. The molecule has 2 atom stereocenters. The fourth-order valence-corrected chi connectivity index (χ4v) is 5.93. The maximum atomic E-state index is 11.9. The van der Waals surface area contributed by atoms with Crippen LogP contribution >= 0.6 is 11.3 Å². The molecule has 136 valence electrons. The van der Waals surface area contributed by atoms with Crippen LogP contribution < -0.4 is 5.32 Å². The van der Waals surface area contributed by atoms with Crippen molar-refractivity contribution < 1.29 is 5.11 Å². The lowest BCUT2D eigenvalue weighted by molar-refractivity contribution is -0.110. The fourth-order valence-electron chi connectivity index (χ4n) is 4.91. The normalized spacial score (nSPS) is 28.8. The average molecular weight is 359 g/mol. The maximum absolute atomic E-state index is 11.9. The van der Waals surface area contributed by atoms with Crippen molar-refractivity contribution in [2.45, 2.75) is 57.2 Å². The van der Waals surface area contributed by atoms with Crippen LogP contribution in [0.25, 0.3) is 10.1 Å². The summed E-state index contributed by atoms with van der Waals surface area (Å²) in [6.45, 7) is 5.20. The van der Waals surface area contributed by atoms with Crippen molar-refractivity contribution in [1.29, 1.82) is 0 Å². The first-order chi connectivity index (χ1) is 12.2. The van der Waals surface area contributed by atoms with E-state index in [-0.39, 0.29) is 6.04 Å². The predicted octanol–water partition coefficient (Wildman–Crippen LogP) is 4.31. The summed E-state index contributed by atoms with van der Waals surface area (Å²) in [5.41, 5.74) is 0.146.